The summed E-state index contributed by atoms with van der Waals surface area (Å²) >= 11 is 0. The van der Waals surface area contributed by atoms with Gasteiger partial charge in [-0.15, -0.1) is 0 Å². The molecule has 0 aromatic rings. The van der Waals surface area contributed by atoms with Crippen LogP contribution in [0.25, 0.3) is 0 Å². The molecule has 0 saturated carbocycles. The predicted molar refractivity (Wildman–Crippen MR) is 74.4 cm³/mol. The molecule has 1 rings (SSSR count). The zero-order valence-electron chi connectivity index (χ0n) is 16.8. The molecule has 0 radical (unpaired) electrons. The molecule has 1 heterocycles. The van der Waals surface area contributed by atoms with Crippen molar-refractivity contribution in [3.63, 3.8) is 0 Å². The molecule has 1 fully saturated rings. The molecule has 35 heavy (non-hydrogen) atoms. The Kier molecular flexibility index (Phi) is 7.08. The maximum absolute atomic E-state index is 15.0. The Morgan fingerprint density at radius 2 is 1.06 bits per heavy atom. The SMILES string of the molecule is CC(OC(F)(C(F)(F)F)C(F)(F)C(C)(C)N)C1(F)OC(F)(C(F)(F)F)C(F)(F)OC1(F)C(F)(F)F. The predicted octanol–water partition coefficient (Wildman–Crippen LogP) is 5.75. The van der Waals surface area contributed by atoms with Gasteiger partial charge in [-0.2, -0.15) is 70.2 Å². The first-order valence-electron chi connectivity index (χ1n) is 8.37. The highest BCUT2D eigenvalue weighted by molar-refractivity contribution is 5.09. The number of halogens is 17. The minimum atomic E-state index is -7.36. The van der Waals surface area contributed by atoms with Crippen LogP contribution in [0.4, 0.5) is 74.6 Å². The summed E-state index contributed by atoms with van der Waals surface area (Å²) in [5.74, 6) is -33.8. The lowest BCUT2D eigenvalue weighted by Gasteiger charge is -2.52. The Bertz CT molecular complexity index is 804. The van der Waals surface area contributed by atoms with Crippen LogP contribution in [0.15, 0.2) is 0 Å². The lowest BCUT2D eigenvalue weighted by Crippen LogP contribution is -2.79. The van der Waals surface area contributed by atoms with Crippen LogP contribution in [-0.4, -0.2) is 65.6 Å². The monoisotopic (exact) mass is 565 g/mol. The number of alkyl halides is 17. The van der Waals surface area contributed by atoms with E-state index in [2.05, 4.69) is 15.2 Å². The fourth-order valence-corrected chi connectivity index (χ4v) is 2.51. The highest BCUT2D eigenvalue weighted by Gasteiger charge is 2.91. The third-order valence-electron chi connectivity index (χ3n) is 4.54. The first-order valence-corrected chi connectivity index (χ1v) is 8.37. The van der Waals surface area contributed by atoms with Crippen LogP contribution in [0, 0.1) is 0 Å². The van der Waals surface area contributed by atoms with E-state index in [9.17, 15) is 70.2 Å². The van der Waals surface area contributed by atoms with Crippen molar-refractivity contribution in [2.75, 3.05) is 0 Å². The van der Waals surface area contributed by atoms with Crippen LogP contribution in [0.5, 0.6) is 0 Å². The zero-order chi connectivity index (χ0) is 28.7. The van der Waals surface area contributed by atoms with Crippen molar-refractivity contribution in [2.45, 2.75) is 86.4 Å². The van der Waals surface area contributed by atoms with E-state index < -0.39 is 72.5 Å². The van der Waals surface area contributed by atoms with Gasteiger partial charge in [0, 0.05) is 0 Å². The van der Waals surface area contributed by atoms with Crippen molar-refractivity contribution >= 4 is 0 Å². The molecular weight excluding hydrogens is 553 g/mol. The van der Waals surface area contributed by atoms with E-state index in [1.807, 2.05) is 4.74 Å². The molecule has 21 heteroatoms. The minimum absolute atomic E-state index is 0.0432. The molecule has 2 N–H and O–H groups in total. The molecule has 5 atom stereocenters. The second kappa shape index (κ2) is 7.83. The van der Waals surface area contributed by atoms with E-state index >= 15 is 4.39 Å². The lowest BCUT2D eigenvalue weighted by molar-refractivity contribution is -0.609. The highest BCUT2D eigenvalue weighted by atomic mass is 19.4. The summed E-state index contributed by atoms with van der Waals surface area (Å²) in [6.07, 6.45) is -33.6. The maximum atomic E-state index is 15.0. The summed E-state index contributed by atoms with van der Waals surface area (Å²) in [6.45, 7) is -0.889. The molecule has 0 aromatic carbocycles. The van der Waals surface area contributed by atoms with Gasteiger partial charge in [-0.1, -0.05) is 0 Å². The van der Waals surface area contributed by atoms with E-state index in [4.69, 9.17) is 0 Å². The lowest BCUT2D eigenvalue weighted by atomic mass is 9.90. The van der Waals surface area contributed by atoms with Crippen molar-refractivity contribution < 1.29 is 88.8 Å². The topological polar surface area (TPSA) is 53.7 Å². The van der Waals surface area contributed by atoms with Gasteiger partial charge < -0.3 is 10.5 Å². The van der Waals surface area contributed by atoms with Crippen molar-refractivity contribution in [3.05, 3.63) is 0 Å². The van der Waals surface area contributed by atoms with Crippen molar-refractivity contribution in [3.8, 4) is 0 Å². The molecule has 4 nitrogen and oxygen atoms in total. The zero-order valence-corrected chi connectivity index (χ0v) is 16.8. The van der Waals surface area contributed by atoms with Crippen LogP contribution < -0.4 is 5.73 Å². The highest BCUT2D eigenvalue weighted by Crippen LogP contribution is 2.63. The fraction of sp³-hybridized carbons (Fsp3) is 1.00. The summed E-state index contributed by atoms with van der Waals surface area (Å²) in [4.78, 5) is 0. The number of rotatable bonds is 5. The number of ether oxygens (including phenoxy) is 3. The van der Waals surface area contributed by atoms with Gasteiger partial charge >= 0.3 is 54.0 Å². The second-order valence-electron chi connectivity index (χ2n) is 7.70. The van der Waals surface area contributed by atoms with E-state index in [0.29, 0.717) is 0 Å². The van der Waals surface area contributed by atoms with Crippen LogP contribution in [0.1, 0.15) is 20.8 Å². The van der Waals surface area contributed by atoms with Gasteiger partial charge in [-0.05, 0) is 20.8 Å². The summed E-state index contributed by atoms with van der Waals surface area (Å²) < 4.78 is 238. The average Bonchev–Trinajstić information content (AvgIpc) is 2.55. The Hall–Kier alpha value is -1.35. The molecule has 1 aliphatic rings. The molecule has 0 spiro atoms. The van der Waals surface area contributed by atoms with Gasteiger partial charge in [0.05, 0.1) is 5.54 Å². The summed E-state index contributed by atoms with van der Waals surface area (Å²) in [6, 6.07) is 0. The van der Waals surface area contributed by atoms with E-state index in [-0.39, 0.29) is 13.8 Å². The third-order valence-corrected chi connectivity index (χ3v) is 4.54. The Morgan fingerprint density at radius 1 is 0.686 bits per heavy atom. The van der Waals surface area contributed by atoms with Gasteiger partial charge in [-0.3, -0.25) is 9.47 Å². The van der Waals surface area contributed by atoms with Crippen LogP contribution in [-0.2, 0) is 14.2 Å². The Morgan fingerprint density at radius 3 is 1.34 bits per heavy atom. The smallest absolute Gasteiger partial charge is 0.325 e. The average molecular weight is 565 g/mol. The third kappa shape index (κ3) is 4.28. The molecule has 5 unspecified atom stereocenters. The van der Waals surface area contributed by atoms with Crippen molar-refractivity contribution in [1.29, 1.82) is 0 Å². The molecular formula is C14H12F17NO3. The Balaban J connectivity index is 3.89. The molecule has 0 amide bonds. The summed E-state index contributed by atoms with van der Waals surface area (Å²) in [5, 5.41) is 0. The van der Waals surface area contributed by atoms with E-state index in [1.165, 1.54) is 0 Å². The van der Waals surface area contributed by atoms with Crippen LogP contribution in [0.2, 0.25) is 0 Å². The number of nitrogens with two attached hydrogens (primary N) is 1. The molecule has 1 saturated heterocycles. The molecule has 1 aliphatic heterocycles. The van der Waals surface area contributed by atoms with Gasteiger partial charge in [0.2, 0.25) is 0 Å². The quantitative estimate of drug-likeness (QED) is 0.432. The van der Waals surface area contributed by atoms with Gasteiger partial charge in [0.15, 0.2) is 0 Å². The normalized spacial score (nSPS) is 33.9. The minimum Gasteiger partial charge on any atom is -0.325 e. The second-order valence-corrected chi connectivity index (χ2v) is 7.70. The Labute approximate surface area is 182 Å². The standard InChI is InChI=1S/C14H12F17NO3/c1-4(33-9(19,12(24,25)26)7(16,17)5(2,3)32)6(15)8(18,11(21,22)23)35-14(30,31)10(20,34-6)13(27,28)29/h4H,32H2,1-3H3. The van der Waals surface area contributed by atoms with Gasteiger partial charge in [-0.25, -0.2) is 4.39 Å². The van der Waals surface area contributed by atoms with Crippen LogP contribution >= 0.6 is 0 Å². The van der Waals surface area contributed by atoms with E-state index in [1.54, 1.807) is 0 Å². The maximum Gasteiger partial charge on any atom is 0.458 e. The molecule has 210 valence electrons. The molecule has 0 aliphatic carbocycles. The first-order chi connectivity index (χ1) is 14.8. The number of hydrogen-bond acceptors (Lipinski definition) is 4. The summed E-state index contributed by atoms with van der Waals surface area (Å²) in [5.41, 5.74) is 0.955. The first kappa shape index (κ1) is 31.7. The van der Waals surface area contributed by atoms with E-state index in [0.717, 1.165) is 0 Å². The largest absolute Gasteiger partial charge is 0.458 e. The van der Waals surface area contributed by atoms with Crippen LogP contribution in [0.3, 0.4) is 0 Å². The number of hydrogen-bond donors (Lipinski definition) is 1. The molecule has 0 bridgehead atoms. The van der Waals surface area contributed by atoms with Crippen molar-refractivity contribution in [2.24, 2.45) is 5.73 Å². The van der Waals surface area contributed by atoms with Gasteiger partial charge in [0.25, 0.3) is 0 Å². The van der Waals surface area contributed by atoms with Gasteiger partial charge in [0.1, 0.15) is 6.10 Å². The van der Waals surface area contributed by atoms with Crippen molar-refractivity contribution in [1.82, 2.24) is 0 Å². The molecule has 0 aromatic heterocycles. The summed E-state index contributed by atoms with van der Waals surface area (Å²) in [7, 11) is 0. The fourth-order valence-electron chi connectivity index (χ4n) is 2.51.